The van der Waals surface area contributed by atoms with Gasteiger partial charge in [-0.3, -0.25) is 9.69 Å². The van der Waals surface area contributed by atoms with Gasteiger partial charge in [0.15, 0.2) is 0 Å². The molecule has 8 rings (SSSR count). The zero-order valence-electron chi connectivity index (χ0n) is 41.0. The molecule has 3 N–H and O–H groups in total. The molecule has 3 saturated heterocycles. The fourth-order valence-electron chi connectivity index (χ4n) is 10.1. The van der Waals surface area contributed by atoms with Gasteiger partial charge in [-0.2, -0.15) is 13.2 Å². The lowest BCUT2D eigenvalue weighted by Gasteiger charge is -2.43. The Labute approximate surface area is 444 Å². The first-order valence-electron chi connectivity index (χ1n) is 24.7. The molecule has 0 spiro atoms. The van der Waals surface area contributed by atoms with Crippen molar-refractivity contribution in [3.05, 3.63) is 119 Å². The van der Waals surface area contributed by atoms with Crippen molar-refractivity contribution in [1.29, 1.82) is 0 Å². The van der Waals surface area contributed by atoms with E-state index >= 15 is 0 Å². The van der Waals surface area contributed by atoms with Crippen LogP contribution < -0.4 is 20.3 Å². The smallest absolute Gasteiger partial charge is 0.380 e. The lowest BCUT2D eigenvalue weighted by Crippen LogP contribution is -2.49. The van der Waals surface area contributed by atoms with Crippen LogP contribution in [0.2, 0.25) is 5.02 Å². The molecule has 3 fully saturated rings. The standard InChI is InChI=1S/C52H65ClF3N7O6S3.ClH/c1-51(38-62-25-21-57-22-26-62)20-18-47(39-8-12-42(53)13-9-39)41(35-51)36-61-27-29-63(30-28-61)44-14-10-40(11-15-44)50(64)59-72(67,68)46-16-17-48(49(34-46)71(65,66)52(54,55)56)58-43(37-70-45-6-3-2-4-7-45)19-24-60-23-5-32-69-33-31-60;/h2-4,6-17,34,43,57-58H,5,18-33,35-38H2,1H3,(H,59,64);1H/t43-,51-;/m1./s1. The summed E-state index contributed by atoms with van der Waals surface area (Å²) in [5.41, 5.74) is -1.02. The molecule has 3 aliphatic heterocycles. The van der Waals surface area contributed by atoms with E-state index in [1.165, 1.54) is 40.6 Å². The Balaban J connectivity index is 0.00000780. The normalized spacial score (nSPS) is 20.5. The summed E-state index contributed by atoms with van der Waals surface area (Å²) < 4.78 is 104. The van der Waals surface area contributed by atoms with E-state index < -0.39 is 52.8 Å². The molecule has 1 amide bonds. The molecule has 1 aliphatic carbocycles. The molecule has 21 heteroatoms. The molecule has 0 unspecified atom stereocenters. The van der Waals surface area contributed by atoms with Crippen molar-refractivity contribution in [3.8, 4) is 0 Å². The topological polar surface area (TPSA) is 144 Å². The highest BCUT2D eigenvalue weighted by atomic mass is 35.5. The molecule has 2 atom stereocenters. The summed E-state index contributed by atoms with van der Waals surface area (Å²) in [7, 11) is -10.9. The van der Waals surface area contributed by atoms with E-state index in [1.807, 2.05) is 47.2 Å². The van der Waals surface area contributed by atoms with E-state index in [-0.39, 0.29) is 23.4 Å². The summed E-state index contributed by atoms with van der Waals surface area (Å²) in [5.74, 6) is -0.653. The van der Waals surface area contributed by atoms with Gasteiger partial charge in [0.25, 0.3) is 25.8 Å². The Morgan fingerprint density at radius 3 is 2.26 bits per heavy atom. The fourth-order valence-corrected chi connectivity index (χ4v) is 13.3. The van der Waals surface area contributed by atoms with Crippen molar-refractivity contribution in [2.45, 2.75) is 65.3 Å². The first kappa shape index (κ1) is 56.8. The summed E-state index contributed by atoms with van der Waals surface area (Å²) >= 11 is 7.74. The second-order valence-corrected chi connectivity index (χ2v) is 24.6. The molecular weight excluding hydrogens is 1040 g/mol. The number of sulfone groups is 1. The van der Waals surface area contributed by atoms with E-state index in [0.717, 1.165) is 125 Å². The number of halogens is 5. The van der Waals surface area contributed by atoms with Gasteiger partial charge in [0.05, 0.1) is 17.2 Å². The van der Waals surface area contributed by atoms with Crippen LogP contribution >= 0.6 is 35.8 Å². The molecule has 4 aliphatic rings. The van der Waals surface area contributed by atoms with Crippen molar-refractivity contribution in [2.75, 3.05) is 114 Å². The highest BCUT2D eigenvalue weighted by Crippen LogP contribution is 2.44. The van der Waals surface area contributed by atoms with Crippen LogP contribution in [0, 0.1) is 5.41 Å². The third kappa shape index (κ3) is 15.2. The second-order valence-electron chi connectivity index (χ2n) is 19.5. The number of allylic oxidation sites excluding steroid dienone is 1. The minimum Gasteiger partial charge on any atom is -0.380 e. The number of carbonyl (C=O) groups excluding carboxylic acids is 1. The molecule has 73 heavy (non-hydrogen) atoms. The molecule has 13 nitrogen and oxygen atoms in total. The summed E-state index contributed by atoms with van der Waals surface area (Å²) in [4.78, 5) is 21.8. The number of anilines is 2. The number of piperazine rings is 2. The van der Waals surface area contributed by atoms with Crippen LogP contribution in [0.4, 0.5) is 24.5 Å². The molecule has 0 radical (unpaired) electrons. The quantitative estimate of drug-likeness (QED) is 0.0821. The van der Waals surface area contributed by atoms with Gasteiger partial charge >= 0.3 is 5.51 Å². The maximum atomic E-state index is 14.3. The number of nitrogens with zero attached hydrogens (tertiary/aromatic N) is 4. The van der Waals surface area contributed by atoms with Gasteiger partial charge in [0, 0.05) is 125 Å². The van der Waals surface area contributed by atoms with Crippen LogP contribution in [0.3, 0.4) is 0 Å². The molecule has 0 bridgehead atoms. The van der Waals surface area contributed by atoms with Crippen molar-refractivity contribution >= 4 is 78.5 Å². The Bertz CT molecular complexity index is 2720. The number of alkyl halides is 3. The summed E-state index contributed by atoms with van der Waals surface area (Å²) in [5, 5.41) is 7.20. The zero-order valence-corrected chi connectivity index (χ0v) is 45.1. The number of hydrogen-bond acceptors (Lipinski definition) is 13. The average molecular weight is 1110 g/mol. The Hall–Kier alpha value is -3.89. The summed E-state index contributed by atoms with van der Waals surface area (Å²) in [6.45, 7) is 14.8. The van der Waals surface area contributed by atoms with Crippen molar-refractivity contribution in [2.24, 2.45) is 5.41 Å². The number of rotatable bonds is 18. The maximum Gasteiger partial charge on any atom is 0.501 e. The molecular formula is C52H66Cl2F3N7O6S3. The minimum absolute atomic E-state index is 0. The van der Waals surface area contributed by atoms with Gasteiger partial charge in [-0.25, -0.2) is 21.6 Å². The van der Waals surface area contributed by atoms with Gasteiger partial charge in [-0.1, -0.05) is 54.4 Å². The lowest BCUT2D eigenvalue weighted by atomic mass is 9.71. The lowest BCUT2D eigenvalue weighted by molar-refractivity contribution is -0.0435. The Morgan fingerprint density at radius 2 is 1.56 bits per heavy atom. The van der Waals surface area contributed by atoms with Crippen LogP contribution in [0.5, 0.6) is 0 Å². The number of sulfonamides is 1. The Morgan fingerprint density at radius 1 is 0.849 bits per heavy atom. The van der Waals surface area contributed by atoms with Crippen LogP contribution in [0.25, 0.3) is 5.57 Å². The molecule has 0 saturated carbocycles. The van der Waals surface area contributed by atoms with Crippen molar-refractivity contribution < 1.29 is 39.5 Å². The molecule has 0 aromatic heterocycles. The van der Waals surface area contributed by atoms with Gasteiger partial charge in [0.2, 0.25) is 0 Å². The largest absolute Gasteiger partial charge is 0.501 e. The van der Waals surface area contributed by atoms with Crippen LogP contribution in [0.1, 0.15) is 54.9 Å². The number of amides is 1. The minimum atomic E-state index is -6.07. The highest BCUT2D eigenvalue weighted by Gasteiger charge is 2.48. The second kappa shape index (κ2) is 25.3. The average Bonchev–Trinajstić information content (AvgIpc) is 3.65. The predicted molar refractivity (Wildman–Crippen MR) is 287 cm³/mol. The Kier molecular flexibility index (Phi) is 19.7. The first-order chi connectivity index (χ1) is 34.4. The third-order valence-corrected chi connectivity index (χ3v) is 18.4. The third-order valence-electron chi connectivity index (χ3n) is 14.1. The van der Waals surface area contributed by atoms with E-state index in [2.05, 4.69) is 49.3 Å². The number of thioether (sulfide) groups is 1. The van der Waals surface area contributed by atoms with Crippen molar-refractivity contribution in [1.82, 2.24) is 24.7 Å². The molecule has 3 heterocycles. The number of carbonyl (C=O) groups is 1. The fraction of sp³-hybridized carbons (Fsp3) is 0.481. The number of ether oxygens (including phenoxy) is 1. The van der Waals surface area contributed by atoms with E-state index in [4.69, 9.17) is 16.3 Å². The number of hydrogen-bond donors (Lipinski definition) is 3. The predicted octanol–water partition coefficient (Wildman–Crippen LogP) is 8.53. The zero-order chi connectivity index (χ0) is 50.9. The van der Waals surface area contributed by atoms with Crippen molar-refractivity contribution in [3.63, 3.8) is 0 Å². The molecule has 4 aromatic carbocycles. The SMILES string of the molecule is C[C@@]1(CN2CCNCC2)CCC(c2ccc(Cl)cc2)=C(CN2CCN(c3ccc(C(=O)NS(=O)(=O)c4ccc(N[C@H](CCN5CCCOCC5)CSc5ccccc5)c(S(=O)(=O)C(F)(F)F)c4)cc3)CC2)C1.Cl. The monoisotopic (exact) mass is 1110 g/mol. The van der Waals surface area contributed by atoms with Gasteiger partial charge in [-0.15, -0.1) is 24.2 Å². The summed E-state index contributed by atoms with van der Waals surface area (Å²) in [6, 6.07) is 26.0. The van der Waals surface area contributed by atoms with Crippen LogP contribution in [-0.4, -0.2) is 153 Å². The molecule has 4 aromatic rings. The van der Waals surface area contributed by atoms with Gasteiger partial charge in [-0.05, 0) is 115 Å². The highest BCUT2D eigenvalue weighted by molar-refractivity contribution is 7.99. The van der Waals surface area contributed by atoms with E-state index in [0.29, 0.717) is 44.5 Å². The van der Waals surface area contributed by atoms with Gasteiger partial charge in [0.1, 0.15) is 4.90 Å². The maximum absolute atomic E-state index is 14.3. The van der Waals surface area contributed by atoms with Gasteiger partial charge < -0.3 is 30.1 Å². The van der Waals surface area contributed by atoms with Crippen LogP contribution in [-0.2, 0) is 24.6 Å². The summed E-state index contributed by atoms with van der Waals surface area (Å²) in [6.07, 6.45) is 4.43. The van der Waals surface area contributed by atoms with E-state index in [9.17, 15) is 34.8 Å². The van der Waals surface area contributed by atoms with Crippen LogP contribution in [0.15, 0.2) is 117 Å². The number of benzene rings is 4. The van der Waals surface area contributed by atoms with E-state index in [1.54, 1.807) is 12.1 Å². The first-order valence-corrected chi connectivity index (χ1v) is 29.0. The molecule has 398 valence electrons. The number of nitrogens with one attached hydrogen (secondary N) is 3.